The van der Waals surface area contributed by atoms with Crippen LogP contribution in [-0.4, -0.2) is 51.1 Å². The second kappa shape index (κ2) is 13.2. The monoisotopic (exact) mass is 479 g/mol. The summed E-state index contributed by atoms with van der Waals surface area (Å²) in [4.78, 5) is 14.7. The van der Waals surface area contributed by atoms with E-state index < -0.39 is 6.09 Å². The molecular weight excluding hydrogens is 446 g/mol. The highest BCUT2D eigenvalue weighted by molar-refractivity contribution is 5.67. The number of nitrogens with one attached hydrogen (secondary N) is 1. The summed E-state index contributed by atoms with van der Waals surface area (Å²) in [6.07, 6.45) is -0.485. The highest BCUT2D eigenvalue weighted by atomic mass is 16.7. The van der Waals surface area contributed by atoms with Gasteiger partial charge in [-0.2, -0.15) is 0 Å². The van der Waals surface area contributed by atoms with Gasteiger partial charge in [0.25, 0.3) is 0 Å². The van der Waals surface area contributed by atoms with E-state index in [-0.39, 0.29) is 6.79 Å². The van der Waals surface area contributed by atoms with Crippen molar-refractivity contribution in [2.45, 2.75) is 19.6 Å². The molecule has 0 spiro atoms. The van der Waals surface area contributed by atoms with Gasteiger partial charge in [0.05, 0.1) is 14.2 Å². The van der Waals surface area contributed by atoms with E-state index in [4.69, 9.17) is 18.9 Å². The van der Waals surface area contributed by atoms with Gasteiger partial charge in [-0.15, -0.1) is 0 Å². The zero-order chi connectivity index (χ0) is 25.0. The number of carbonyl (C=O) groups excluding carboxylic acids is 1. The van der Waals surface area contributed by atoms with Gasteiger partial charge in [0.15, 0.2) is 0 Å². The molecule has 8 nitrogen and oxygen atoms in total. The molecule has 186 valence electrons. The predicted octanol–water partition coefficient (Wildman–Crippen LogP) is 4.45. The minimum Gasteiger partial charge on any atom is -0.497 e. The van der Waals surface area contributed by atoms with Crippen LogP contribution >= 0.6 is 0 Å². The summed E-state index contributed by atoms with van der Waals surface area (Å²) in [7, 11) is 7.10. The summed E-state index contributed by atoms with van der Waals surface area (Å²) in [5, 5.41) is 1.88. The summed E-state index contributed by atoms with van der Waals surface area (Å²) in [6, 6.07) is 22.8. The van der Waals surface area contributed by atoms with Crippen LogP contribution in [-0.2, 0) is 24.4 Å². The highest BCUT2D eigenvalue weighted by Gasteiger charge is 2.17. The third-order valence-corrected chi connectivity index (χ3v) is 5.18. The molecule has 0 aromatic heterocycles. The second-order valence-corrected chi connectivity index (χ2v) is 8.11. The van der Waals surface area contributed by atoms with Crippen LogP contribution in [0.25, 0.3) is 0 Å². The third-order valence-electron chi connectivity index (χ3n) is 5.18. The molecular formula is C27H33N3O5. The summed E-state index contributed by atoms with van der Waals surface area (Å²) >= 11 is 0. The van der Waals surface area contributed by atoms with E-state index in [0.717, 1.165) is 28.2 Å². The first-order valence-electron chi connectivity index (χ1n) is 11.3. The molecule has 3 rings (SSSR count). The van der Waals surface area contributed by atoms with Crippen LogP contribution in [0.3, 0.4) is 0 Å². The van der Waals surface area contributed by atoms with E-state index in [1.54, 1.807) is 19.1 Å². The predicted molar refractivity (Wildman–Crippen MR) is 134 cm³/mol. The Balaban J connectivity index is 1.65. The van der Waals surface area contributed by atoms with Crippen molar-refractivity contribution >= 4 is 6.09 Å². The number of methoxy groups -OCH3 is 2. The zero-order valence-electron chi connectivity index (χ0n) is 20.7. The van der Waals surface area contributed by atoms with Crippen LogP contribution in [0.4, 0.5) is 4.79 Å². The number of hydrazine groups is 1. The summed E-state index contributed by atoms with van der Waals surface area (Å²) in [5.41, 5.74) is 6.11. The standard InChI is InChI=1S/C27H33N3O5/c1-29(2)28-17-21-8-5-13-26(14-21)34-20-35-27(31)30(18-22-9-6-11-24(15-22)32-3)19-23-10-7-12-25(16-23)33-4/h5-16,28H,17-20H2,1-4H3. The summed E-state index contributed by atoms with van der Waals surface area (Å²) < 4.78 is 21.8. The zero-order valence-corrected chi connectivity index (χ0v) is 20.7. The van der Waals surface area contributed by atoms with Crippen molar-refractivity contribution in [2.24, 2.45) is 0 Å². The maximum Gasteiger partial charge on any atom is 0.413 e. The molecule has 0 unspecified atom stereocenters. The number of amides is 1. The molecule has 35 heavy (non-hydrogen) atoms. The molecule has 8 heteroatoms. The molecule has 0 bridgehead atoms. The topological polar surface area (TPSA) is 72.5 Å². The Morgan fingerprint density at radius 1 is 0.771 bits per heavy atom. The van der Waals surface area contributed by atoms with E-state index in [0.29, 0.717) is 25.4 Å². The lowest BCUT2D eigenvalue weighted by atomic mass is 10.1. The molecule has 0 heterocycles. The van der Waals surface area contributed by atoms with Gasteiger partial charge in [-0.1, -0.05) is 36.4 Å². The first-order valence-corrected chi connectivity index (χ1v) is 11.3. The van der Waals surface area contributed by atoms with Gasteiger partial charge >= 0.3 is 6.09 Å². The van der Waals surface area contributed by atoms with Crippen molar-refractivity contribution in [3.8, 4) is 17.2 Å². The molecule has 0 aliphatic rings. The van der Waals surface area contributed by atoms with Gasteiger partial charge in [0.1, 0.15) is 17.2 Å². The Morgan fingerprint density at radius 3 is 1.83 bits per heavy atom. The summed E-state index contributed by atoms with van der Waals surface area (Å²) in [5.74, 6) is 2.08. The minimum absolute atomic E-state index is 0.198. The van der Waals surface area contributed by atoms with Crippen LogP contribution in [0.1, 0.15) is 16.7 Å². The minimum atomic E-state index is -0.485. The largest absolute Gasteiger partial charge is 0.497 e. The van der Waals surface area contributed by atoms with Gasteiger partial charge in [-0.3, -0.25) is 15.3 Å². The molecule has 1 N–H and O–H groups in total. The Labute approximate surface area is 206 Å². The first kappa shape index (κ1) is 25.9. The van der Waals surface area contributed by atoms with Gasteiger partial charge in [-0.05, 0) is 53.1 Å². The van der Waals surface area contributed by atoms with Crippen molar-refractivity contribution in [2.75, 3.05) is 35.1 Å². The molecule has 0 radical (unpaired) electrons. The van der Waals surface area contributed by atoms with Crippen molar-refractivity contribution in [1.82, 2.24) is 15.3 Å². The quantitative estimate of drug-likeness (QED) is 0.304. The van der Waals surface area contributed by atoms with E-state index >= 15 is 0 Å². The molecule has 1 amide bonds. The third kappa shape index (κ3) is 8.51. The maximum absolute atomic E-state index is 13.0. The average molecular weight is 480 g/mol. The average Bonchev–Trinajstić information content (AvgIpc) is 2.87. The van der Waals surface area contributed by atoms with Crippen LogP contribution in [0.5, 0.6) is 17.2 Å². The molecule has 0 atom stereocenters. The van der Waals surface area contributed by atoms with Gasteiger partial charge < -0.3 is 18.9 Å². The lowest BCUT2D eigenvalue weighted by molar-refractivity contribution is 0.0317. The number of benzene rings is 3. The number of hydrogen-bond donors (Lipinski definition) is 1. The Bertz CT molecular complexity index is 1040. The number of nitrogens with zero attached hydrogens (tertiary/aromatic N) is 2. The fourth-order valence-corrected chi connectivity index (χ4v) is 3.40. The maximum atomic E-state index is 13.0. The number of carbonyl (C=O) groups is 1. The van der Waals surface area contributed by atoms with E-state index in [9.17, 15) is 4.79 Å². The fourth-order valence-electron chi connectivity index (χ4n) is 3.40. The highest BCUT2D eigenvalue weighted by Crippen LogP contribution is 2.19. The van der Waals surface area contributed by atoms with E-state index in [1.807, 2.05) is 91.9 Å². The Kier molecular flexibility index (Phi) is 9.77. The van der Waals surface area contributed by atoms with E-state index in [2.05, 4.69) is 5.43 Å². The first-order chi connectivity index (χ1) is 17.0. The fraction of sp³-hybridized carbons (Fsp3) is 0.296. The van der Waals surface area contributed by atoms with Crippen LogP contribution in [0.2, 0.25) is 0 Å². The van der Waals surface area contributed by atoms with Crippen molar-refractivity contribution in [3.05, 3.63) is 89.5 Å². The van der Waals surface area contributed by atoms with Gasteiger partial charge in [0.2, 0.25) is 6.79 Å². The lowest BCUT2D eigenvalue weighted by Gasteiger charge is -2.23. The smallest absolute Gasteiger partial charge is 0.413 e. The summed E-state index contributed by atoms with van der Waals surface area (Å²) in [6.45, 7) is 1.16. The molecule has 3 aromatic rings. The normalized spacial score (nSPS) is 10.7. The Morgan fingerprint density at radius 2 is 1.29 bits per heavy atom. The van der Waals surface area contributed by atoms with Gasteiger partial charge in [0, 0.05) is 33.7 Å². The molecule has 0 fully saturated rings. The van der Waals surface area contributed by atoms with Crippen LogP contribution < -0.4 is 19.6 Å². The molecule has 0 saturated carbocycles. The van der Waals surface area contributed by atoms with Crippen LogP contribution in [0.15, 0.2) is 72.8 Å². The van der Waals surface area contributed by atoms with Crippen LogP contribution in [0, 0.1) is 0 Å². The molecule has 3 aromatic carbocycles. The lowest BCUT2D eigenvalue weighted by Crippen LogP contribution is -2.31. The van der Waals surface area contributed by atoms with Crippen molar-refractivity contribution in [1.29, 1.82) is 0 Å². The number of ether oxygens (including phenoxy) is 4. The van der Waals surface area contributed by atoms with E-state index in [1.165, 1.54) is 0 Å². The molecule has 0 aliphatic carbocycles. The molecule has 0 saturated heterocycles. The SMILES string of the molecule is COc1cccc(CN(Cc2cccc(OC)c2)C(=O)OCOc2cccc(CNN(C)C)c2)c1. The molecule has 0 aliphatic heterocycles. The second-order valence-electron chi connectivity index (χ2n) is 8.11. The number of rotatable bonds is 12. The van der Waals surface area contributed by atoms with Crippen molar-refractivity contribution in [3.63, 3.8) is 0 Å². The van der Waals surface area contributed by atoms with Crippen molar-refractivity contribution < 1.29 is 23.7 Å². The van der Waals surface area contributed by atoms with Gasteiger partial charge in [-0.25, -0.2) is 4.79 Å². The number of hydrogen-bond acceptors (Lipinski definition) is 7. The Hall–Kier alpha value is -3.75.